The molecule has 2 aromatic carbocycles. The molecular formula is C25H22N3S+. The third kappa shape index (κ3) is 2.07. The number of hydrogen-bond donors (Lipinski definition) is 0. The molecule has 0 saturated heterocycles. The molecule has 0 amide bonds. The van der Waals surface area contributed by atoms with Crippen molar-refractivity contribution < 1.29 is 4.57 Å². The largest absolute Gasteiger partial charge is 0.289 e. The van der Waals surface area contributed by atoms with Gasteiger partial charge in [-0.15, -0.1) is 11.3 Å². The first-order chi connectivity index (χ1) is 14.0. The second-order valence-corrected chi connectivity index (χ2v) is 9.56. The van der Waals surface area contributed by atoms with Crippen molar-refractivity contribution in [1.29, 1.82) is 0 Å². The van der Waals surface area contributed by atoms with Crippen LogP contribution in [0.15, 0.2) is 61.2 Å². The normalized spacial score (nSPS) is 14.5. The SMILES string of the molecule is Cc1c(-c2c3sc4cncn4c3cc[n+]2C)ccc2c1C(C)(C)c1ccccc1-2. The summed E-state index contributed by atoms with van der Waals surface area (Å²) in [6.07, 6.45) is 6.02. The lowest BCUT2D eigenvalue weighted by molar-refractivity contribution is -0.659. The Morgan fingerprint density at radius 1 is 1.00 bits per heavy atom. The van der Waals surface area contributed by atoms with Crippen LogP contribution in [0.1, 0.15) is 30.5 Å². The molecule has 3 heterocycles. The smallest absolute Gasteiger partial charge is 0.232 e. The number of hydrogen-bond acceptors (Lipinski definition) is 2. The van der Waals surface area contributed by atoms with Crippen LogP contribution in [-0.2, 0) is 12.5 Å². The maximum absolute atomic E-state index is 4.31. The van der Waals surface area contributed by atoms with Gasteiger partial charge in [0.05, 0.1) is 17.3 Å². The number of imidazole rings is 1. The number of benzene rings is 2. The molecule has 0 N–H and O–H groups in total. The lowest BCUT2D eigenvalue weighted by Crippen LogP contribution is -2.31. The Morgan fingerprint density at radius 2 is 1.79 bits per heavy atom. The molecule has 3 nitrogen and oxygen atoms in total. The van der Waals surface area contributed by atoms with E-state index >= 15 is 0 Å². The molecule has 0 radical (unpaired) electrons. The summed E-state index contributed by atoms with van der Waals surface area (Å²) in [6.45, 7) is 7.01. The third-order valence-electron chi connectivity index (χ3n) is 6.56. The third-order valence-corrected chi connectivity index (χ3v) is 7.68. The van der Waals surface area contributed by atoms with Crippen LogP contribution in [-0.4, -0.2) is 9.38 Å². The van der Waals surface area contributed by atoms with Gasteiger partial charge in [0.25, 0.3) is 0 Å². The Kier molecular flexibility index (Phi) is 3.24. The molecule has 0 saturated carbocycles. The van der Waals surface area contributed by atoms with Crippen LogP contribution >= 0.6 is 11.3 Å². The Hall–Kier alpha value is -2.98. The lowest BCUT2D eigenvalue weighted by atomic mass is 9.79. The molecule has 4 heteroatoms. The predicted molar refractivity (Wildman–Crippen MR) is 119 cm³/mol. The van der Waals surface area contributed by atoms with Crippen molar-refractivity contribution >= 4 is 26.4 Å². The summed E-state index contributed by atoms with van der Waals surface area (Å²) < 4.78 is 5.75. The zero-order valence-corrected chi connectivity index (χ0v) is 17.8. The highest BCUT2D eigenvalue weighted by atomic mass is 32.1. The van der Waals surface area contributed by atoms with Gasteiger partial charge in [0.1, 0.15) is 22.9 Å². The van der Waals surface area contributed by atoms with Gasteiger partial charge in [0.2, 0.25) is 5.69 Å². The summed E-state index contributed by atoms with van der Waals surface area (Å²) in [5.41, 5.74) is 10.8. The second kappa shape index (κ2) is 5.55. The van der Waals surface area contributed by atoms with Crippen LogP contribution in [0.4, 0.5) is 0 Å². The minimum atomic E-state index is 0.00484. The number of pyridine rings is 1. The van der Waals surface area contributed by atoms with Crippen LogP contribution in [0.5, 0.6) is 0 Å². The molecule has 29 heavy (non-hydrogen) atoms. The van der Waals surface area contributed by atoms with Crippen molar-refractivity contribution in [1.82, 2.24) is 9.38 Å². The van der Waals surface area contributed by atoms with E-state index in [0.29, 0.717) is 0 Å². The maximum atomic E-state index is 4.31. The van der Waals surface area contributed by atoms with Crippen molar-refractivity contribution in [3.05, 3.63) is 77.9 Å². The van der Waals surface area contributed by atoms with E-state index in [-0.39, 0.29) is 5.41 Å². The van der Waals surface area contributed by atoms with Gasteiger partial charge in [-0.1, -0.05) is 44.2 Å². The number of fused-ring (bicyclic) bond motifs is 6. The number of rotatable bonds is 1. The highest BCUT2D eigenvalue weighted by Crippen LogP contribution is 2.51. The Balaban J connectivity index is 1.69. The van der Waals surface area contributed by atoms with Crippen LogP contribution < -0.4 is 4.57 Å². The maximum Gasteiger partial charge on any atom is 0.232 e. The quantitative estimate of drug-likeness (QED) is 0.335. The van der Waals surface area contributed by atoms with Gasteiger partial charge in [-0.05, 0) is 40.8 Å². The zero-order valence-electron chi connectivity index (χ0n) is 17.0. The van der Waals surface area contributed by atoms with Gasteiger partial charge in [0, 0.05) is 11.5 Å². The van der Waals surface area contributed by atoms with Gasteiger partial charge < -0.3 is 0 Å². The summed E-state index contributed by atoms with van der Waals surface area (Å²) >= 11 is 1.81. The van der Waals surface area contributed by atoms with Crippen LogP contribution in [0.3, 0.4) is 0 Å². The molecule has 6 rings (SSSR count). The molecule has 0 atom stereocenters. The Bertz CT molecular complexity index is 1450. The van der Waals surface area contributed by atoms with Gasteiger partial charge in [-0.3, -0.25) is 4.40 Å². The lowest BCUT2D eigenvalue weighted by Gasteiger charge is -2.24. The number of thiazole rings is 1. The van der Waals surface area contributed by atoms with Gasteiger partial charge in [-0.2, -0.15) is 4.57 Å². The van der Waals surface area contributed by atoms with Gasteiger partial charge >= 0.3 is 0 Å². The van der Waals surface area contributed by atoms with E-state index in [1.54, 1.807) is 0 Å². The summed E-state index contributed by atoms with van der Waals surface area (Å²) in [5, 5.41) is 0. The van der Waals surface area contributed by atoms with Crippen LogP contribution in [0.25, 0.3) is 37.4 Å². The van der Waals surface area contributed by atoms with Crippen LogP contribution in [0.2, 0.25) is 0 Å². The van der Waals surface area contributed by atoms with Crippen molar-refractivity contribution in [2.45, 2.75) is 26.2 Å². The number of aryl methyl sites for hydroxylation is 1. The van der Waals surface area contributed by atoms with E-state index in [1.807, 2.05) is 23.9 Å². The monoisotopic (exact) mass is 396 g/mol. The molecule has 0 aliphatic heterocycles. The molecule has 1 aliphatic rings. The highest BCUT2D eigenvalue weighted by molar-refractivity contribution is 7.24. The molecule has 1 aliphatic carbocycles. The van der Waals surface area contributed by atoms with E-state index in [4.69, 9.17) is 0 Å². The standard InChI is InChI=1S/C25H22N3S/c1-15-16(9-10-18-17-7-5-6-8-19(17)25(2,3)22(15)18)23-24-20(11-12-27(23)4)28-14-26-13-21(28)29-24/h5-14H,1-4H3/q+1. The average Bonchev–Trinajstić information content (AvgIpc) is 3.35. The predicted octanol–water partition coefficient (Wildman–Crippen LogP) is 5.66. The van der Waals surface area contributed by atoms with E-state index in [0.717, 1.165) is 0 Å². The average molecular weight is 397 g/mol. The van der Waals surface area contributed by atoms with Gasteiger partial charge in [0.15, 0.2) is 6.20 Å². The molecule has 0 spiro atoms. The number of aromatic nitrogens is 3. The first kappa shape index (κ1) is 16.9. The van der Waals surface area contributed by atoms with Crippen molar-refractivity contribution in [2.24, 2.45) is 7.05 Å². The zero-order chi connectivity index (χ0) is 19.9. The molecule has 3 aromatic heterocycles. The fraction of sp³-hybridized carbons (Fsp3) is 0.200. The fourth-order valence-electron chi connectivity index (χ4n) is 5.26. The van der Waals surface area contributed by atoms with Crippen LogP contribution in [0, 0.1) is 6.92 Å². The Morgan fingerprint density at radius 3 is 2.66 bits per heavy atom. The minimum absolute atomic E-state index is 0.00484. The van der Waals surface area contributed by atoms with Crippen molar-refractivity contribution in [3.8, 4) is 22.4 Å². The first-order valence-corrected chi connectivity index (χ1v) is 10.8. The molecule has 0 unspecified atom stereocenters. The Labute approximate surface area is 173 Å². The summed E-state index contributed by atoms with van der Waals surface area (Å²) in [7, 11) is 2.15. The molecular weight excluding hydrogens is 374 g/mol. The van der Waals surface area contributed by atoms with Crippen molar-refractivity contribution in [3.63, 3.8) is 0 Å². The minimum Gasteiger partial charge on any atom is -0.289 e. The van der Waals surface area contributed by atoms with Crippen molar-refractivity contribution in [2.75, 3.05) is 0 Å². The van der Waals surface area contributed by atoms with E-state index < -0.39 is 0 Å². The molecule has 0 fully saturated rings. The first-order valence-electron chi connectivity index (χ1n) is 9.96. The van der Waals surface area contributed by atoms with E-state index in [9.17, 15) is 0 Å². The highest BCUT2D eigenvalue weighted by Gasteiger charge is 2.38. The molecule has 5 aromatic rings. The summed E-state index contributed by atoms with van der Waals surface area (Å²) in [5.74, 6) is 0. The fourth-order valence-corrected chi connectivity index (χ4v) is 6.44. The molecule has 142 valence electrons. The van der Waals surface area contributed by atoms with E-state index in [1.165, 1.54) is 54.1 Å². The topological polar surface area (TPSA) is 21.2 Å². The molecule has 0 bridgehead atoms. The van der Waals surface area contributed by atoms with E-state index in [2.05, 4.69) is 90.4 Å². The van der Waals surface area contributed by atoms with Gasteiger partial charge in [-0.25, -0.2) is 4.98 Å². The summed E-state index contributed by atoms with van der Waals surface area (Å²) in [6, 6.07) is 15.7. The summed E-state index contributed by atoms with van der Waals surface area (Å²) in [4.78, 5) is 5.49. The second-order valence-electron chi connectivity index (χ2n) is 8.52. The number of nitrogens with zero attached hydrogens (tertiary/aromatic N) is 3.